The van der Waals surface area contributed by atoms with E-state index in [4.69, 9.17) is 0 Å². The van der Waals surface area contributed by atoms with Gasteiger partial charge in [0.15, 0.2) is 6.29 Å². The topological polar surface area (TPSA) is 80.4 Å². The molecule has 0 amide bonds. The van der Waals surface area contributed by atoms with Gasteiger partial charge in [-0.25, -0.2) is 0 Å². The summed E-state index contributed by atoms with van der Waals surface area (Å²) >= 11 is 3.07. The molecular weight excluding hydrogens is 254 g/mol. The molecule has 0 saturated carbocycles. The summed E-state index contributed by atoms with van der Waals surface area (Å²) in [7, 11) is 0. The van der Waals surface area contributed by atoms with E-state index < -0.39 is 16.4 Å². The summed E-state index contributed by atoms with van der Waals surface area (Å²) in [4.78, 5) is 20.3. The van der Waals surface area contributed by atoms with Gasteiger partial charge in [0.25, 0.3) is 0 Å². The largest absolute Gasteiger partial charge is 0.502 e. The van der Waals surface area contributed by atoms with Crippen LogP contribution >= 0.6 is 15.9 Å². The number of aldehydes is 1. The Hall–Kier alpha value is -1.43. The highest BCUT2D eigenvalue weighted by Crippen LogP contribution is 2.36. The molecule has 0 aliphatic carbocycles. The van der Waals surface area contributed by atoms with Crippen molar-refractivity contribution in [2.45, 2.75) is 6.92 Å². The van der Waals surface area contributed by atoms with Crippen molar-refractivity contribution in [3.8, 4) is 5.75 Å². The van der Waals surface area contributed by atoms with E-state index in [2.05, 4.69) is 15.9 Å². The summed E-state index contributed by atoms with van der Waals surface area (Å²) in [5.74, 6) is -0.592. The zero-order valence-electron chi connectivity index (χ0n) is 7.15. The summed E-state index contributed by atoms with van der Waals surface area (Å²) in [5, 5.41) is 19.9. The molecule has 0 saturated heterocycles. The predicted octanol–water partition coefficient (Wildman–Crippen LogP) is 2.18. The Morgan fingerprint density at radius 2 is 2.21 bits per heavy atom. The number of nitrogens with zero attached hydrogens (tertiary/aromatic N) is 1. The molecule has 0 spiro atoms. The molecule has 1 N–H and O–H groups in total. The summed E-state index contributed by atoms with van der Waals surface area (Å²) in [5.41, 5.74) is -0.256. The van der Waals surface area contributed by atoms with Crippen LogP contribution in [0.4, 0.5) is 5.69 Å². The van der Waals surface area contributed by atoms with Gasteiger partial charge in [0, 0.05) is 10.0 Å². The van der Waals surface area contributed by atoms with E-state index in [0.717, 1.165) is 0 Å². The highest BCUT2D eigenvalue weighted by molar-refractivity contribution is 9.10. The monoisotopic (exact) mass is 259 g/mol. The van der Waals surface area contributed by atoms with Crippen LogP contribution in [0.2, 0.25) is 0 Å². The van der Waals surface area contributed by atoms with Crippen LogP contribution in [0.5, 0.6) is 5.75 Å². The first kappa shape index (κ1) is 10.6. The lowest BCUT2D eigenvalue weighted by Crippen LogP contribution is -1.96. The number of hydrogen-bond donors (Lipinski definition) is 1. The smallest absolute Gasteiger partial charge is 0.315 e. The van der Waals surface area contributed by atoms with E-state index in [1.165, 1.54) is 13.0 Å². The van der Waals surface area contributed by atoms with Crippen LogP contribution in [0.25, 0.3) is 0 Å². The minimum Gasteiger partial charge on any atom is -0.502 e. The van der Waals surface area contributed by atoms with Gasteiger partial charge in [-0.1, -0.05) is 15.9 Å². The van der Waals surface area contributed by atoms with Crippen molar-refractivity contribution in [3.63, 3.8) is 0 Å². The van der Waals surface area contributed by atoms with E-state index >= 15 is 0 Å². The standard InChI is InChI=1S/C8H6BrNO4/c1-4-6(9)2-5(3-11)8(12)7(4)10(13)14/h2-3,12H,1H3. The molecule has 0 fully saturated rings. The number of nitro benzene ring substituents is 1. The molecule has 0 aliphatic rings. The van der Waals surface area contributed by atoms with Gasteiger partial charge in [-0.3, -0.25) is 14.9 Å². The lowest BCUT2D eigenvalue weighted by molar-refractivity contribution is -0.386. The minimum atomic E-state index is -0.720. The van der Waals surface area contributed by atoms with Crippen LogP contribution in [-0.4, -0.2) is 16.3 Å². The fourth-order valence-electron chi connectivity index (χ4n) is 1.05. The van der Waals surface area contributed by atoms with E-state index in [-0.39, 0.29) is 11.1 Å². The van der Waals surface area contributed by atoms with Crippen molar-refractivity contribution >= 4 is 27.9 Å². The van der Waals surface area contributed by atoms with Crippen LogP contribution in [0.1, 0.15) is 15.9 Å². The average Bonchev–Trinajstić information content (AvgIpc) is 2.11. The van der Waals surface area contributed by atoms with Crippen LogP contribution in [0, 0.1) is 17.0 Å². The molecule has 0 aromatic heterocycles. The average molecular weight is 260 g/mol. The van der Waals surface area contributed by atoms with Crippen molar-refractivity contribution < 1.29 is 14.8 Å². The molecular formula is C8H6BrNO4. The van der Waals surface area contributed by atoms with E-state index in [1.54, 1.807) is 0 Å². The molecule has 1 aromatic rings. The first-order valence-corrected chi connectivity index (χ1v) is 4.40. The molecule has 1 aromatic carbocycles. The Bertz CT molecular complexity index is 416. The third kappa shape index (κ3) is 1.60. The first-order valence-electron chi connectivity index (χ1n) is 3.60. The number of phenolic OH excluding ortho intramolecular Hbond substituents is 1. The van der Waals surface area contributed by atoms with Crippen LogP contribution in [0.15, 0.2) is 10.5 Å². The van der Waals surface area contributed by atoms with Crippen molar-refractivity contribution in [2.24, 2.45) is 0 Å². The maximum atomic E-state index is 10.6. The molecule has 14 heavy (non-hydrogen) atoms. The molecule has 6 heteroatoms. The number of nitro groups is 1. The van der Waals surface area contributed by atoms with E-state index in [9.17, 15) is 20.0 Å². The predicted molar refractivity (Wildman–Crippen MR) is 52.6 cm³/mol. The van der Waals surface area contributed by atoms with Gasteiger partial charge in [0.2, 0.25) is 5.75 Å². The minimum absolute atomic E-state index is 0.103. The van der Waals surface area contributed by atoms with Gasteiger partial charge in [0.1, 0.15) is 0 Å². The van der Waals surface area contributed by atoms with Gasteiger partial charge in [0.05, 0.1) is 10.5 Å². The second-order valence-electron chi connectivity index (χ2n) is 2.64. The number of carbonyl (C=O) groups is 1. The molecule has 74 valence electrons. The lowest BCUT2D eigenvalue weighted by atomic mass is 10.1. The molecule has 0 unspecified atom stereocenters. The highest BCUT2D eigenvalue weighted by Gasteiger charge is 2.22. The number of phenols is 1. The first-order chi connectivity index (χ1) is 6.49. The fourth-order valence-corrected chi connectivity index (χ4v) is 1.49. The van der Waals surface area contributed by atoms with Crippen molar-refractivity contribution in [1.29, 1.82) is 0 Å². The number of benzene rings is 1. The molecule has 5 nitrogen and oxygen atoms in total. The zero-order valence-corrected chi connectivity index (χ0v) is 8.74. The fraction of sp³-hybridized carbons (Fsp3) is 0.125. The highest BCUT2D eigenvalue weighted by atomic mass is 79.9. The maximum Gasteiger partial charge on any atom is 0.315 e. The zero-order chi connectivity index (χ0) is 10.9. The number of halogens is 1. The molecule has 0 aliphatic heterocycles. The summed E-state index contributed by atoms with van der Waals surface area (Å²) in [6.45, 7) is 1.48. The Morgan fingerprint density at radius 1 is 1.64 bits per heavy atom. The van der Waals surface area contributed by atoms with Gasteiger partial charge in [-0.05, 0) is 13.0 Å². The summed E-state index contributed by atoms with van der Waals surface area (Å²) in [6.07, 6.45) is 0.368. The van der Waals surface area contributed by atoms with Crippen molar-refractivity contribution in [1.82, 2.24) is 0 Å². The van der Waals surface area contributed by atoms with Crippen LogP contribution in [-0.2, 0) is 0 Å². The number of hydrogen-bond acceptors (Lipinski definition) is 4. The third-order valence-corrected chi connectivity index (χ3v) is 2.63. The number of carbonyl (C=O) groups excluding carboxylic acids is 1. The molecule has 0 heterocycles. The Labute approximate surface area is 87.6 Å². The second kappa shape index (κ2) is 3.75. The number of aromatic hydroxyl groups is 1. The number of rotatable bonds is 2. The van der Waals surface area contributed by atoms with Gasteiger partial charge in [-0.2, -0.15) is 0 Å². The molecule has 0 bridgehead atoms. The normalized spacial score (nSPS) is 9.86. The van der Waals surface area contributed by atoms with Crippen LogP contribution < -0.4 is 0 Å². The molecule has 0 radical (unpaired) electrons. The van der Waals surface area contributed by atoms with E-state index in [1.807, 2.05) is 0 Å². The third-order valence-electron chi connectivity index (χ3n) is 1.80. The summed E-state index contributed by atoms with van der Waals surface area (Å²) < 4.78 is 0.420. The van der Waals surface area contributed by atoms with E-state index in [0.29, 0.717) is 10.8 Å². The van der Waals surface area contributed by atoms with Crippen molar-refractivity contribution in [2.75, 3.05) is 0 Å². The van der Waals surface area contributed by atoms with Crippen LogP contribution in [0.3, 0.4) is 0 Å². The maximum absolute atomic E-state index is 10.6. The van der Waals surface area contributed by atoms with Gasteiger partial charge >= 0.3 is 5.69 Å². The Balaban J connectivity index is 3.61. The summed E-state index contributed by atoms with van der Waals surface area (Å²) in [6, 6.07) is 1.34. The Kier molecular flexibility index (Phi) is 2.85. The molecule has 0 atom stereocenters. The quantitative estimate of drug-likeness (QED) is 0.502. The second-order valence-corrected chi connectivity index (χ2v) is 3.50. The van der Waals surface area contributed by atoms with Gasteiger partial charge in [-0.15, -0.1) is 0 Å². The Morgan fingerprint density at radius 3 is 2.64 bits per heavy atom. The van der Waals surface area contributed by atoms with Crippen molar-refractivity contribution in [3.05, 3.63) is 31.8 Å². The molecule has 1 rings (SSSR count). The lowest BCUT2D eigenvalue weighted by Gasteiger charge is -2.04. The SMILES string of the molecule is Cc1c(Br)cc(C=O)c(O)c1[N+](=O)[O-]. The van der Waals surface area contributed by atoms with Gasteiger partial charge < -0.3 is 5.11 Å².